The van der Waals surface area contributed by atoms with E-state index in [0.717, 1.165) is 12.8 Å². The first-order valence-corrected chi connectivity index (χ1v) is 8.85. The second kappa shape index (κ2) is 8.04. The van der Waals surface area contributed by atoms with Gasteiger partial charge in [0.05, 0.1) is 12.2 Å². The Labute approximate surface area is 153 Å². The van der Waals surface area contributed by atoms with Crippen LogP contribution in [0.5, 0.6) is 5.75 Å². The average molecular weight is 353 g/mol. The van der Waals surface area contributed by atoms with E-state index >= 15 is 0 Å². The minimum absolute atomic E-state index is 0.0520. The van der Waals surface area contributed by atoms with Crippen LogP contribution in [0.15, 0.2) is 54.6 Å². The lowest BCUT2D eigenvalue weighted by Gasteiger charge is -2.16. The Hall–Kier alpha value is -2.82. The maximum Gasteiger partial charge on any atom is 0.338 e. The molecule has 5 nitrogen and oxygen atoms in total. The largest absolute Gasteiger partial charge is 0.484 e. The highest BCUT2D eigenvalue weighted by atomic mass is 16.5. The number of hydrogen-bond acceptors (Lipinski definition) is 4. The van der Waals surface area contributed by atoms with Gasteiger partial charge in [-0.3, -0.25) is 4.79 Å². The zero-order valence-corrected chi connectivity index (χ0v) is 14.9. The Bertz CT molecular complexity index is 751. The predicted molar refractivity (Wildman–Crippen MR) is 98.3 cm³/mol. The van der Waals surface area contributed by atoms with Crippen LogP contribution in [0.1, 0.15) is 35.7 Å². The fourth-order valence-electron chi connectivity index (χ4n) is 2.88. The van der Waals surface area contributed by atoms with Crippen LogP contribution in [-0.4, -0.2) is 31.6 Å². The molecule has 3 rings (SSSR count). The van der Waals surface area contributed by atoms with E-state index in [4.69, 9.17) is 9.47 Å². The SMILES string of the molecule is CCOC(=O)c1ccc(OCC(=O)NCC2(c3ccccc3)CC2)cc1. The van der Waals surface area contributed by atoms with E-state index in [9.17, 15) is 9.59 Å². The van der Waals surface area contributed by atoms with Gasteiger partial charge in [0.15, 0.2) is 6.61 Å². The van der Waals surface area contributed by atoms with Crippen molar-refractivity contribution in [3.05, 3.63) is 65.7 Å². The van der Waals surface area contributed by atoms with Crippen molar-refractivity contribution in [2.24, 2.45) is 0 Å². The fourth-order valence-corrected chi connectivity index (χ4v) is 2.88. The van der Waals surface area contributed by atoms with E-state index in [1.807, 2.05) is 18.2 Å². The summed E-state index contributed by atoms with van der Waals surface area (Å²) in [6.07, 6.45) is 2.18. The van der Waals surface area contributed by atoms with Crippen LogP contribution in [0.3, 0.4) is 0 Å². The summed E-state index contributed by atoms with van der Waals surface area (Å²) in [5.41, 5.74) is 1.82. The summed E-state index contributed by atoms with van der Waals surface area (Å²) in [4.78, 5) is 23.7. The van der Waals surface area contributed by atoms with Crippen LogP contribution >= 0.6 is 0 Å². The second-order valence-corrected chi connectivity index (χ2v) is 6.46. The molecule has 0 aliphatic heterocycles. The van der Waals surface area contributed by atoms with Crippen molar-refractivity contribution >= 4 is 11.9 Å². The first-order chi connectivity index (χ1) is 12.6. The van der Waals surface area contributed by atoms with Gasteiger partial charge in [-0.1, -0.05) is 30.3 Å². The zero-order valence-electron chi connectivity index (χ0n) is 14.9. The van der Waals surface area contributed by atoms with Crippen molar-refractivity contribution in [2.75, 3.05) is 19.8 Å². The van der Waals surface area contributed by atoms with Crippen molar-refractivity contribution in [3.8, 4) is 5.75 Å². The third kappa shape index (κ3) is 4.42. The van der Waals surface area contributed by atoms with Crippen molar-refractivity contribution in [1.82, 2.24) is 5.32 Å². The summed E-state index contributed by atoms with van der Waals surface area (Å²) < 4.78 is 10.4. The van der Waals surface area contributed by atoms with Crippen LogP contribution in [0.4, 0.5) is 0 Å². The topological polar surface area (TPSA) is 64.6 Å². The smallest absolute Gasteiger partial charge is 0.338 e. The van der Waals surface area contributed by atoms with E-state index in [-0.39, 0.29) is 23.9 Å². The standard InChI is InChI=1S/C21H23NO4/c1-2-25-20(24)16-8-10-18(11-9-16)26-14-19(23)22-15-21(12-13-21)17-6-4-3-5-7-17/h3-11H,2,12-15H2,1H3,(H,22,23). The molecule has 1 saturated carbocycles. The molecular weight excluding hydrogens is 330 g/mol. The van der Waals surface area contributed by atoms with Crippen molar-refractivity contribution in [1.29, 1.82) is 0 Å². The lowest BCUT2D eigenvalue weighted by Crippen LogP contribution is -2.35. The molecule has 5 heteroatoms. The molecule has 2 aromatic carbocycles. The molecule has 0 unspecified atom stereocenters. The summed E-state index contributed by atoms with van der Waals surface area (Å²) in [5.74, 6) is 0.0199. The molecule has 136 valence electrons. The average Bonchev–Trinajstić information content (AvgIpc) is 3.47. The third-order valence-electron chi connectivity index (χ3n) is 4.60. The first kappa shape index (κ1) is 18.0. The van der Waals surface area contributed by atoms with Gasteiger partial charge in [0.1, 0.15) is 5.75 Å². The Kier molecular flexibility index (Phi) is 5.56. The summed E-state index contributed by atoms with van der Waals surface area (Å²) in [6.45, 7) is 2.67. The molecule has 26 heavy (non-hydrogen) atoms. The van der Waals surface area contributed by atoms with Gasteiger partial charge < -0.3 is 14.8 Å². The molecule has 0 atom stereocenters. The molecule has 1 aliphatic rings. The molecule has 0 aromatic heterocycles. The molecule has 2 aromatic rings. The van der Waals surface area contributed by atoms with Crippen LogP contribution in [0, 0.1) is 0 Å². The number of benzene rings is 2. The number of ether oxygens (including phenoxy) is 2. The highest BCUT2D eigenvalue weighted by Crippen LogP contribution is 2.47. The van der Waals surface area contributed by atoms with Gasteiger partial charge in [-0.15, -0.1) is 0 Å². The molecule has 1 fully saturated rings. The molecule has 0 spiro atoms. The number of rotatable bonds is 8. The van der Waals surface area contributed by atoms with E-state index in [1.54, 1.807) is 31.2 Å². The minimum atomic E-state index is -0.368. The number of esters is 1. The Morgan fingerprint density at radius 3 is 2.35 bits per heavy atom. The lowest BCUT2D eigenvalue weighted by atomic mass is 9.96. The maximum atomic E-state index is 12.1. The Balaban J connectivity index is 1.45. The number of hydrogen-bond donors (Lipinski definition) is 1. The van der Waals surface area contributed by atoms with E-state index in [0.29, 0.717) is 24.5 Å². The second-order valence-electron chi connectivity index (χ2n) is 6.46. The Morgan fingerprint density at radius 2 is 1.73 bits per heavy atom. The van der Waals surface area contributed by atoms with Crippen molar-refractivity contribution < 1.29 is 19.1 Å². The van der Waals surface area contributed by atoms with Gasteiger partial charge >= 0.3 is 5.97 Å². The summed E-state index contributed by atoms with van der Waals surface area (Å²) in [7, 11) is 0. The van der Waals surface area contributed by atoms with Gasteiger partial charge in [0.25, 0.3) is 5.91 Å². The molecular formula is C21H23NO4. The molecule has 0 saturated heterocycles. The first-order valence-electron chi connectivity index (χ1n) is 8.85. The highest BCUT2D eigenvalue weighted by Gasteiger charge is 2.44. The third-order valence-corrected chi connectivity index (χ3v) is 4.60. The van der Waals surface area contributed by atoms with E-state index in [1.165, 1.54) is 5.56 Å². The lowest BCUT2D eigenvalue weighted by molar-refractivity contribution is -0.123. The molecule has 1 aliphatic carbocycles. The van der Waals surface area contributed by atoms with Crippen molar-refractivity contribution in [3.63, 3.8) is 0 Å². The molecule has 0 bridgehead atoms. The van der Waals surface area contributed by atoms with Gasteiger partial charge in [-0.2, -0.15) is 0 Å². The van der Waals surface area contributed by atoms with Crippen LogP contribution < -0.4 is 10.1 Å². The molecule has 0 heterocycles. The normalized spacial score (nSPS) is 14.3. The van der Waals surface area contributed by atoms with Gasteiger partial charge in [0, 0.05) is 12.0 Å². The van der Waals surface area contributed by atoms with Crippen LogP contribution in [0.25, 0.3) is 0 Å². The zero-order chi connectivity index (χ0) is 18.4. The number of carbonyl (C=O) groups is 2. The monoisotopic (exact) mass is 353 g/mol. The Morgan fingerprint density at radius 1 is 1.04 bits per heavy atom. The number of carbonyl (C=O) groups excluding carboxylic acids is 2. The summed E-state index contributed by atoms with van der Waals surface area (Å²) in [5, 5.41) is 2.96. The fraction of sp³-hybridized carbons (Fsp3) is 0.333. The quantitative estimate of drug-likeness (QED) is 0.741. The van der Waals surface area contributed by atoms with Gasteiger partial charge in [-0.25, -0.2) is 4.79 Å². The molecule has 1 N–H and O–H groups in total. The molecule has 1 amide bonds. The number of nitrogens with one attached hydrogen (secondary N) is 1. The predicted octanol–water partition coefficient (Wildman–Crippen LogP) is 3.09. The molecule has 0 radical (unpaired) electrons. The summed E-state index contributed by atoms with van der Waals surface area (Å²) in [6, 6.07) is 16.8. The van der Waals surface area contributed by atoms with E-state index < -0.39 is 0 Å². The van der Waals surface area contributed by atoms with Gasteiger partial charge in [-0.05, 0) is 49.6 Å². The van der Waals surface area contributed by atoms with Crippen LogP contribution in [-0.2, 0) is 14.9 Å². The summed E-state index contributed by atoms with van der Waals surface area (Å²) >= 11 is 0. The maximum absolute atomic E-state index is 12.1. The van der Waals surface area contributed by atoms with E-state index in [2.05, 4.69) is 17.4 Å². The van der Waals surface area contributed by atoms with Crippen LogP contribution in [0.2, 0.25) is 0 Å². The highest BCUT2D eigenvalue weighted by molar-refractivity contribution is 5.89. The van der Waals surface area contributed by atoms with Gasteiger partial charge in [0.2, 0.25) is 0 Å². The van der Waals surface area contributed by atoms with Crippen molar-refractivity contribution in [2.45, 2.75) is 25.2 Å². The minimum Gasteiger partial charge on any atom is -0.484 e. The number of amides is 1.